The monoisotopic (exact) mass is 282 g/mol. The van der Waals surface area contributed by atoms with Gasteiger partial charge in [-0.1, -0.05) is 15.9 Å². The Balaban J connectivity index is 2.05. The normalized spacial score (nSPS) is 19.8. The first-order valence-corrected chi connectivity index (χ1v) is 6.23. The lowest BCUT2D eigenvalue weighted by atomic mass is 10.1. The molecule has 2 N–H and O–H groups in total. The van der Waals surface area contributed by atoms with Crippen LogP contribution in [0.15, 0.2) is 22.7 Å². The van der Waals surface area contributed by atoms with Gasteiger partial charge in [-0.05, 0) is 43.7 Å². The lowest BCUT2D eigenvalue weighted by molar-refractivity contribution is -0.119. The number of benzene rings is 1. The minimum Gasteiger partial charge on any atom is -0.326 e. The molecule has 1 saturated heterocycles. The summed E-state index contributed by atoms with van der Waals surface area (Å²) in [5, 5.41) is 6.15. The maximum atomic E-state index is 11.9. The van der Waals surface area contributed by atoms with Gasteiger partial charge in [-0.3, -0.25) is 4.79 Å². The van der Waals surface area contributed by atoms with Crippen LogP contribution in [0.4, 0.5) is 5.69 Å². The average Bonchev–Trinajstić information content (AvgIpc) is 2.68. The number of carbonyl (C=O) groups is 1. The summed E-state index contributed by atoms with van der Waals surface area (Å²) in [6.07, 6.45) is 0.929. The summed E-state index contributed by atoms with van der Waals surface area (Å²) in [4.78, 5) is 11.9. The highest BCUT2D eigenvalue weighted by Crippen LogP contribution is 2.20. The zero-order valence-electron chi connectivity index (χ0n) is 9.22. The lowest BCUT2D eigenvalue weighted by Gasteiger charge is -2.10. The number of amides is 1. The molecule has 1 unspecified atom stereocenters. The van der Waals surface area contributed by atoms with Gasteiger partial charge in [0.05, 0.1) is 5.92 Å². The van der Waals surface area contributed by atoms with Crippen molar-refractivity contribution in [3.05, 3.63) is 28.2 Å². The second-order valence-electron chi connectivity index (χ2n) is 4.20. The van der Waals surface area contributed by atoms with Gasteiger partial charge in [0.1, 0.15) is 0 Å². The predicted octanol–water partition coefficient (Wildman–Crippen LogP) is 2.31. The first-order chi connectivity index (χ1) is 7.65. The number of anilines is 1. The van der Waals surface area contributed by atoms with Gasteiger partial charge in [-0.2, -0.15) is 0 Å². The van der Waals surface area contributed by atoms with Crippen LogP contribution in [0.5, 0.6) is 0 Å². The topological polar surface area (TPSA) is 41.1 Å². The Morgan fingerprint density at radius 3 is 2.94 bits per heavy atom. The second kappa shape index (κ2) is 4.97. The molecule has 3 nitrogen and oxygen atoms in total. The van der Waals surface area contributed by atoms with Crippen molar-refractivity contribution >= 4 is 27.5 Å². The SMILES string of the molecule is Cc1cc(Br)cc(NC(=O)C2CCNC2)c1. The Morgan fingerprint density at radius 2 is 2.31 bits per heavy atom. The largest absolute Gasteiger partial charge is 0.326 e. The third kappa shape index (κ3) is 2.83. The molecule has 1 atom stereocenters. The zero-order chi connectivity index (χ0) is 11.5. The Bertz CT molecular complexity index is 380. The Hall–Kier alpha value is -0.870. The molecule has 1 amide bonds. The molecule has 0 aromatic heterocycles. The predicted molar refractivity (Wildman–Crippen MR) is 68.5 cm³/mol. The van der Waals surface area contributed by atoms with Crippen LogP contribution in [-0.2, 0) is 4.79 Å². The van der Waals surface area contributed by atoms with Crippen LogP contribution in [0.2, 0.25) is 0 Å². The molecule has 0 aliphatic carbocycles. The van der Waals surface area contributed by atoms with Crippen molar-refractivity contribution in [1.82, 2.24) is 5.32 Å². The molecule has 16 heavy (non-hydrogen) atoms. The molecule has 1 aromatic carbocycles. The van der Waals surface area contributed by atoms with E-state index in [1.807, 2.05) is 25.1 Å². The minimum atomic E-state index is 0.110. The second-order valence-corrected chi connectivity index (χ2v) is 5.11. The first kappa shape index (κ1) is 11.6. The molecule has 0 saturated carbocycles. The number of aryl methyl sites for hydroxylation is 1. The van der Waals surface area contributed by atoms with Crippen LogP contribution in [0.1, 0.15) is 12.0 Å². The third-order valence-corrected chi connectivity index (χ3v) is 3.20. The summed E-state index contributed by atoms with van der Waals surface area (Å²) < 4.78 is 0.993. The van der Waals surface area contributed by atoms with Crippen LogP contribution >= 0.6 is 15.9 Å². The maximum Gasteiger partial charge on any atom is 0.228 e. The molecule has 0 spiro atoms. The fourth-order valence-electron chi connectivity index (χ4n) is 1.93. The average molecular weight is 283 g/mol. The standard InChI is InChI=1S/C12H15BrN2O/c1-8-4-10(13)6-11(5-8)15-12(16)9-2-3-14-7-9/h4-6,9,14H,2-3,7H2,1H3,(H,15,16). The summed E-state index contributed by atoms with van der Waals surface area (Å²) in [6.45, 7) is 3.74. The Morgan fingerprint density at radius 1 is 1.50 bits per heavy atom. The number of hydrogen-bond acceptors (Lipinski definition) is 2. The molecule has 1 heterocycles. The van der Waals surface area contributed by atoms with Gasteiger partial charge in [-0.15, -0.1) is 0 Å². The highest BCUT2D eigenvalue weighted by Gasteiger charge is 2.22. The fraction of sp³-hybridized carbons (Fsp3) is 0.417. The van der Waals surface area contributed by atoms with Crippen molar-refractivity contribution in [2.45, 2.75) is 13.3 Å². The van der Waals surface area contributed by atoms with E-state index < -0.39 is 0 Å². The highest BCUT2D eigenvalue weighted by atomic mass is 79.9. The molecule has 1 aromatic rings. The minimum absolute atomic E-state index is 0.110. The van der Waals surface area contributed by atoms with Crippen molar-refractivity contribution in [2.75, 3.05) is 18.4 Å². The van der Waals surface area contributed by atoms with E-state index in [1.165, 1.54) is 0 Å². The van der Waals surface area contributed by atoms with Crippen LogP contribution < -0.4 is 10.6 Å². The van der Waals surface area contributed by atoms with Gasteiger partial charge in [0, 0.05) is 16.7 Å². The van der Waals surface area contributed by atoms with Crippen molar-refractivity contribution in [3.8, 4) is 0 Å². The quantitative estimate of drug-likeness (QED) is 0.874. The van der Waals surface area contributed by atoms with E-state index >= 15 is 0 Å². The number of hydrogen-bond donors (Lipinski definition) is 2. The summed E-state index contributed by atoms with van der Waals surface area (Å²) in [6, 6.07) is 5.92. The molecule has 86 valence electrons. The third-order valence-electron chi connectivity index (χ3n) is 2.74. The smallest absolute Gasteiger partial charge is 0.228 e. The summed E-state index contributed by atoms with van der Waals surface area (Å²) >= 11 is 3.42. The van der Waals surface area contributed by atoms with Gasteiger partial charge in [0.15, 0.2) is 0 Å². The van der Waals surface area contributed by atoms with E-state index in [1.54, 1.807) is 0 Å². The fourth-order valence-corrected chi connectivity index (χ4v) is 2.54. The van der Waals surface area contributed by atoms with E-state index in [0.717, 1.165) is 35.2 Å². The first-order valence-electron chi connectivity index (χ1n) is 5.44. The van der Waals surface area contributed by atoms with Gasteiger partial charge < -0.3 is 10.6 Å². The van der Waals surface area contributed by atoms with E-state index in [-0.39, 0.29) is 11.8 Å². The molecular formula is C12H15BrN2O. The summed E-state index contributed by atoms with van der Waals surface area (Å²) in [5.41, 5.74) is 2.00. The van der Waals surface area contributed by atoms with E-state index in [2.05, 4.69) is 26.6 Å². The molecule has 0 bridgehead atoms. The molecule has 1 aliphatic rings. The van der Waals surface area contributed by atoms with E-state index in [4.69, 9.17) is 0 Å². The Kier molecular flexibility index (Phi) is 3.61. The van der Waals surface area contributed by atoms with Gasteiger partial charge in [0.2, 0.25) is 5.91 Å². The van der Waals surface area contributed by atoms with Crippen LogP contribution in [0, 0.1) is 12.8 Å². The van der Waals surface area contributed by atoms with E-state index in [0.29, 0.717) is 0 Å². The number of halogens is 1. The van der Waals surface area contributed by atoms with Crippen LogP contribution in [0.25, 0.3) is 0 Å². The molecule has 0 radical (unpaired) electrons. The van der Waals surface area contributed by atoms with E-state index in [9.17, 15) is 4.79 Å². The van der Waals surface area contributed by atoms with Gasteiger partial charge in [-0.25, -0.2) is 0 Å². The van der Waals surface area contributed by atoms with Crippen LogP contribution in [-0.4, -0.2) is 19.0 Å². The zero-order valence-corrected chi connectivity index (χ0v) is 10.8. The van der Waals surface area contributed by atoms with Crippen molar-refractivity contribution < 1.29 is 4.79 Å². The van der Waals surface area contributed by atoms with Gasteiger partial charge >= 0.3 is 0 Å². The maximum absolute atomic E-state index is 11.9. The van der Waals surface area contributed by atoms with Gasteiger partial charge in [0.25, 0.3) is 0 Å². The number of nitrogens with one attached hydrogen (secondary N) is 2. The number of rotatable bonds is 2. The molecule has 2 rings (SSSR count). The summed E-state index contributed by atoms with van der Waals surface area (Å²) in [5.74, 6) is 0.224. The van der Waals surface area contributed by atoms with Crippen molar-refractivity contribution in [2.24, 2.45) is 5.92 Å². The van der Waals surface area contributed by atoms with Crippen molar-refractivity contribution in [1.29, 1.82) is 0 Å². The summed E-state index contributed by atoms with van der Waals surface area (Å²) in [7, 11) is 0. The molecular weight excluding hydrogens is 268 g/mol. The number of carbonyl (C=O) groups excluding carboxylic acids is 1. The Labute approximate surface area is 104 Å². The lowest BCUT2D eigenvalue weighted by Crippen LogP contribution is -2.24. The molecule has 4 heteroatoms. The van der Waals surface area contributed by atoms with Crippen molar-refractivity contribution in [3.63, 3.8) is 0 Å². The highest BCUT2D eigenvalue weighted by molar-refractivity contribution is 9.10. The molecule has 1 aliphatic heterocycles. The van der Waals surface area contributed by atoms with Crippen LogP contribution in [0.3, 0.4) is 0 Å². The molecule has 1 fully saturated rings.